The zero-order chi connectivity index (χ0) is 18.1. The van der Waals surface area contributed by atoms with E-state index in [1.54, 1.807) is 0 Å². The third-order valence-electron chi connectivity index (χ3n) is 4.64. The van der Waals surface area contributed by atoms with Crippen LogP contribution in [-0.2, 0) is 11.3 Å². The Labute approximate surface area is 153 Å². The van der Waals surface area contributed by atoms with E-state index >= 15 is 0 Å². The monoisotopic (exact) mass is 346 g/mol. The molecule has 5 nitrogen and oxygen atoms in total. The van der Waals surface area contributed by atoms with Gasteiger partial charge in [0, 0.05) is 46.3 Å². The van der Waals surface area contributed by atoms with E-state index in [-0.39, 0.29) is 0 Å². The predicted octanol–water partition coefficient (Wildman–Crippen LogP) is 2.44. The molecule has 140 valence electrons. The highest BCUT2D eigenvalue weighted by molar-refractivity contribution is 5.79. The van der Waals surface area contributed by atoms with Crippen molar-refractivity contribution in [2.45, 2.75) is 32.9 Å². The molecular weight excluding hydrogens is 312 g/mol. The maximum absolute atomic E-state index is 5.51. The zero-order valence-electron chi connectivity index (χ0n) is 16.2. The van der Waals surface area contributed by atoms with Crippen LogP contribution in [0.1, 0.15) is 25.8 Å². The lowest BCUT2D eigenvalue weighted by Gasteiger charge is -2.36. The number of nitrogens with zero attached hydrogens (tertiary/aromatic N) is 3. The van der Waals surface area contributed by atoms with Gasteiger partial charge in [0.15, 0.2) is 5.96 Å². The van der Waals surface area contributed by atoms with Gasteiger partial charge < -0.3 is 15.0 Å². The van der Waals surface area contributed by atoms with Crippen LogP contribution >= 0.6 is 0 Å². The molecule has 25 heavy (non-hydrogen) atoms. The molecule has 1 heterocycles. The second-order valence-electron chi connectivity index (χ2n) is 7.20. The first-order chi connectivity index (χ1) is 12.1. The minimum Gasteiger partial charge on any atom is -0.379 e. The van der Waals surface area contributed by atoms with E-state index in [4.69, 9.17) is 4.74 Å². The summed E-state index contributed by atoms with van der Waals surface area (Å²) in [5, 5.41) is 3.59. The van der Waals surface area contributed by atoms with E-state index < -0.39 is 0 Å². The normalized spacial score (nSPS) is 17.6. The highest BCUT2D eigenvalue weighted by Crippen LogP contribution is 2.13. The van der Waals surface area contributed by atoms with Crippen LogP contribution in [0.4, 0.5) is 0 Å². The molecule has 0 spiro atoms. The molecule has 1 saturated heterocycles. The number of hydrogen-bond donors (Lipinski definition) is 1. The second-order valence-corrected chi connectivity index (χ2v) is 7.20. The highest BCUT2D eigenvalue weighted by Gasteiger charge is 2.22. The molecule has 0 aliphatic carbocycles. The first-order valence-electron chi connectivity index (χ1n) is 9.37. The first kappa shape index (κ1) is 19.7. The molecule has 2 rings (SSSR count). The Morgan fingerprint density at radius 1 is 1.24 bits per heavy atom. The van der Waals surface area contributed by atoms with Gasteiger partial charge in [-0.2, -0.15) is 0 Å². The molecule has 0 radical (unpaired) electrons. The third kappa shape index (κ3) is 6.67. The summed E-state index contributed by atoms with van der Waals surface area (Å²) in [5.74, 6) is 1.63. The molecule has 0 bridgehead atoms. The minimum absolute atomic E-state index is 0.519. The number of guanidine groups is 1. The topological polar surface area (TPSA) is 40.1 Å². The summed E-state index contributed by atoms with van der Waals surface area (Å²) < 4.78 is 5.51. The maximum Gasteiger partial charge on any atom is 0.193 e. The number of hydrogen-bond acceptors (Lipinski definition) is 3. The first-order valence-corrected chi connectivity index (χ1v) is 9.37. The third-order valence-corrected chi connectivity index (χ3v) is 4.64. The standard InChI is InChI=1S/C20H34N4O/c1-17(2)14-19(24-10-12-25-13-11-24)15-22-20(21-3)23(4)16-18-8-6-5-7-9-18/h5-9,17,19H,10-16H2,1-4H3,(H,21,22). The summed E-state index contributed by atoms with van der Waals surface area (Å²) in [5.41, 5.74) is 1.29. The molecule has 0 saturated carbocycles. The summed E-state index contributed by atoms with van der Waals surface area (Å²) in [6.45, 7) is 10.1. The molecule has 1 aliphatic rings. The van der Waals surface area contributed by atoms with Crippen molar-refractivity contribution in [1.82, 2.24) is 15.1 Å². The van der Waals surface area contributed by atoms with Gasteiger partial charge in [0.2, 0.25) is 0 Å². The lowest BCUT2D eigenvalue weighted by molar-refractivity contribution is 0.0131. The van der Waals surface area contributed by atoms with Crippen LogP contribution in [-0.4, -0.2) is 68.7 Å². The molecule has 1 aromatic rings. The number of nitrogens with one attached hydrogen (secondary N) is 1. The van der Waals surface area contributed by atoms with Crippen LogP contribution < -0.4 is 5.32 Å². The molecule has 5 heteroatoms. The lowest BCUT2D eigenvalue weighted by atomic mass is 10.0. The molecule has 1 aromatic carbocycles. The number of benzene rings is 1. The van der Waals surface area contributed by atoms with Crippen LogP contribution in [0.15, 0.2) is 35.3 Å². The van der Waals surface area contributed by atoms with Crippen molar-refractivity contribution in [1.29, 1.82) is 0 Å². The SMILES string of the molecule is CN=C(NCC(CC(C)C)N1CCOCC1)N(C)Cc1ccccc1. The van der Waals surface area contributed by atoms with Gasteiger partial charge in [-0.15, -0.1) is 0 Å². The Morgan fingerprint density at radius 3 is 2.52 bits per heavy atom. The van der Waals surface area contributed by atoms with Crippen LogP contribution in [0.5, 0.6) is 0 Å². The van der Waals surface area contributed by atoms with E-state index in [2.05, 4.69) is 71.3 Å². The smallest absolute Gasteiger partial charge is 0.193 e. The molecule has 1 unspecified atom stereocenters. The number of morpholine rings is 1. The molecular formula is C20H34N4O. The van der Waals surface area contributed by atoms with Crippen LogP contribution in [0.25, 0.3) is 0 Å². The van der Waals surface area contributed by atoms with Gasteiger partial charge >= 0.3 is 0 Å². The minimum atomic E-state index is 0.519. The number of aliphatic imine (C=N–C) groups is 1. The molecule has 0 amide bonds. The Bertz CT molecular complexity index is 512. The van der Waals surface area contributed by atoms with Crippen molar-refractivity contribution in [3.63, 3.8) is 0 Å². The fourth-order valence-corrected chi connectivity index (χ4v) is 3.37. The molecule has 1 aliphatic heterocycles. The summed E-state index contributed by atoms with van der Waals surface area (Å²) in [7, 11) is 3.95. The lowest BCUT2D eigenvalue weighted by Crippen LogP contribution is -2.51. The molecule has 1 atom stereocenters. The van der Waals surface area contributed by atoms with Crippen molar-refractivity contribution < 1.29 is 4.74 Å². The van der Waals surface area contributed by atoms with Gasteiger partial charge in [0.25, 0.3) is 0 Å². The quantitative estimate of drug-likeness (QED) is 0.608. The number of ether oxygens (including phenoxy) is 1. The van der Waals surface area contributed by atoms with Gasteiger partial charge in [-0.25, -0.2) is 0 Å². The molecule has 1 N–H and O–H groups in total. The van der Waals surface area contributed by atoms with Gasteiger partial charge in [-0.1, -0.05) is 44.2 Å². The Kier molecular flexibility index (Phi) is 8.22. The van der Waals surface area contributed by atoms with E-state index in [1.165, 1.54) is 12.0 Å². The van der Waals surface area contributed by atoms with Crippen LogP contribution in [0.3, 0.4) is 0 Å². The summed E-state index contributed by atoms with van der Waals surface area (Å²) in [6.07, 6.45) is 1.19. The predicted molar refractivity (Wildman–Crippen MR) is 105 cm³/mol. The fourth-order valence-electron chi connectivity index (χ4n) is 3.37. The van der Waals surface area contributed by atoms with Gasteiger partial charge in [-0.3, -0.25) is 9.89 Å². The Balaban J connectivity index is 1.91. The highest BCUT2D eigenvalue weighted by atomic mass is 16.5. The molecule has 1 fully saturated rings. The zero-order valence-corrected chi connectivity index (χ0v) is 16.2. The van der Waals surface area contributed by atoms with Crippen LogP contribution in [0.2, 0.25) is 0 Å². The maximum atomic E-state index is 5.51. The van der Waals surface area contributed by atoms with Gasteiger partial charge in [0.05, 0.1) is 13.2 Å². The Hall–Kier alpha value is -1.59. The van der Waals surface area contributed by atoms with Gasteiger partial charge in [-0.05, 0) is 17.9 Å². The average molecular weight is 347 g/mol. The number of rotatable bonds is 7. The Morgan fingerprint density at radius 2 is 1.92 bits per heavy atom. The van der Waals surface area contributed by atoms with Crippen molar-refractivity contribution >= 4 is 5.96 Å². The summed E-state index contributed by atoms with van der Waals surface area (Å²) in [6, 6.07) is 11.0. The van der Waals surface area contributed by atoms with Crippen molar-refractivity contribution in [2.75, 3.05) is 46.9 Å². The summed E-state index contributed by atoms with van der Waals surface area (Å²) in [4.78, 5) is 9.21. The average Bonchev–Trinajstić information content (AvgIpc) is 2.62. The van der Waals surface area contributed by atoms with E-state index in [0.717, 1.165) is 45.4 Å². The van der Waals surface area contributed by atoms with E-state index in [9.17, 15) is 0 Å². The van der Waals surface area contributed by atoms with Crippen molar-refractivity contribution in [2.24, 2.45) is 10.9 Å². The van der Waals surface area contributed by atoms with E-state index in [1.807, 2.05) is 7.05 Å². The van der Waals surface area contributed by atoms with Gasteiger partial charge in [0.1, 0.15) is 0 Å². The summed E-state index contributed by atoms with van der Waals surface area (Å²) >= 11 is 0. The van der Waals surface area contributed by atoms with Crippen LogP contribution in [0, 0.1) is 5.92 Å². The van der Waals surface area contributed by atoms with E-state index in [0.29, 0.717) is 12.0 Å². The molecule has 0 aromatic heterocycles. The van der Waals surface area contributed by atoms with Crippen molar-refractivity contribution in [3.05, 3.63) is 35.9 Å². The largest absolute Gasteiger partial charge is 0.379 e. The fraction of sp³-hybridized carbons (Fsp3) is 0.650. The second kappa shape index (κ2) is 10.4. The van der Waals surface area contributed by atoms with Crippen molar-refractivity contribution in [3.8, 4) is 0 Å².